The molecule has 2 rings (SSSR count). The molecular weight excluding hydrogens is 271 g/mol. The fourth-order valence-electron chi connectivity index (χ4n) is 1.21. The molecule has 0 atom stereocenters. The van der Waals surface area contributed by atoms with Crippen molar-refractivity contribution >= 4 is 23.1 Å². The lowest BCUT2D eigenvalue weighted by atomic mass is 10.3. The molecule has 0 aromatic carbocycles. The van der Waals surface area contributed by atoms with E-state index in [4.69, 9.17) is 0 Å². The van der Waals surface area contributed by atoms with E-state index >= 15 is 0 Å². The maximum atomic E-state index is 12.5. The smallest absolute Gasteiger partial charge is 0.360 e. The van der Waals surface area contributed by atoms with Crippen molar-refractivity contribution in [3.63, 3.8) is 0 Å². The van der Waals surface area contributed by atoms with Crippen LogP contribution in [0.1, 0.15) is 21.1 Å². The van der Waals surface area contributed by atoms with Crippen molar-refractivity contribution in [2.45, 2.75) is 13.1 Å². The summed E-state index contributed by atoms with van der Waals surface area (Å²) in [7, 11) is 0. The van der Waals surface area contributed by atoms with Gasteiger partial charge in [0.1, 0.15) is 10.6 Å². The molecule has 0 saturated heterocycles. The highest BCUT2D eigenvalue weighted by molar-refractivity contribution is 7.12. The maximum Gasteiger partial charge on any atom is 0.434 e. The van der Waals surface area contributed by atoms with Crippen LogP contribution in [0, 0.1) is 6.92 Å². The number of carbonyl (C=O) groups excluding carboxylic acids is 1. The number of carbonyl (C=O) groups is 1. The zero-order chi connectivity index (χ0) is 13.3. The Labute approximate surface area is 103 Å². The maximum absolute atomic E-state index is 12.5. The third-order valence-electron chi connectivity index (χ3n) is 1.91. The standard InChI is InChI=1S/C9H6F3N3O2S/c1-4-2-5(15-17-4)14-8(16)6-7(9(10,11)12)13-3-18-6/h2-3H,1H3,(H,14,15,16). The lowest BCUT2D eigenvalue weighted by molar-refractivity contribution is -0.141. The van der Waals surface area contributed by atoms with E-state index in [1.165, 1.54) is 6.07 Å². The van der Waals surface area contributed by atoms with E-state index in [0.717, 1.165) is 5.51 Å². The van der Waals surface area contributed by atoms with Gasteiger partial charge < -0.3 is 9.84 Å². The number of aromatic nitrogens is 2. The van der Waals surface area contributed by atoms with Crippen molar-refractivity contribution in [2.24, 2.45) is 0 Å². The fourth-order valence-corrected chi connectivity index (χ4v) is 1.91. The van der Waals surface area contributed by atoms with Crippen molar-refractivity contribution in [2.75, 3.05) is 5.32 Å². The topological polar surface area (TPSA) is 68.0 Å². The molecule has 0 fully saturated rings. The molecule has 0 aliphatic heterocycles. The van der Waals surface area contributed by atoms with Gasteiger partial charge in [0.25, 0.3) is 5.91 Å². The molecule has 0 unspecified atom stereocenters. The molecule has 1 N–H and O–H groups in total. The lowest BCUT2D eigenvalue weighted by Gasteiger charge is -2.05. The third kappa shape index (κ3) is 2.50. The van der Waals surface area contributed by atoms with Crippen molar-refractivity contribution < 1.29 is 22.5 Å². The van der Waals surface area contributed by atoms with Crippen molar-refractivity contribution in [1.29, 1.82) is 0 Å². The number of anilines is 1. The van der Waals surface area contributed by atoms with E-state index in [0.29, 0.717) is 17.1 Å². The summed E-state index contributed by atoms with van der Waals surface area (Å²) in [5.74, 6) is -0.428. The first-order valence-electron chi connectivity index (χ1n) is 4.63. The Balaban J connectivity index is 2.22. The second-order valence-corrected chi connectivity index (χ2v) is 4.16. The van der Waals surface area contributed by atoms with Crippen LogP contribution in [-0.4, -0.2) is 16.0 Å². The molecule has 0 saturated carbocycles. The van der Waals surface area contributed by atoms with Crippen LogP contribution >= 0.6 is 11.3 Å². The predicted octanol–water partition coefficient (Wildman–Crippen LogP) is 2.71. The summed E-state index contributed by atoms with van der Waals surface area (Å²) in [6.07, 6.45) is -4.66. The van der Waals surface area contributed by atoms with E-state index in [1.54, 1.807) is 6.92 Å². The largest absolute Gasteiger partial charge is 0.434 e. The highest BCUT2D eigenvalue weighted by atomic mass is 32.1. The molecule has 2 aromatic heterocycles. The Hall–Kier alpha value is -1.90. The molecule has 1 amide bonds. The van der Waals surface area contributed by atoms with E-state index in [1.807, 2.05) is 0 Å². The summed E-state index contributed by atoms with van der Waals surface area (Å²) < 4.78 is 42.2. The van der Waals surface area contributed by atoms with E-state index < -0.39 is 22.7 Å². The molecule has 96 valence electrons. The number of hydrogen-bond acceptors (Lipinski definition) is 5. The van der Waals surface area contributed by atoms with Crippen LogP contribution in [0.25, 0.3) is 0 Å². The average molecular weight is 277 g/mol. The number of rotatable bonds is 2. The van der Waals surface area contributed by atoms with Crippen molar-refractivity contribution in [1.82, 2.24) is 10.1 Å². The third-order valence-corrected chi connectivity index (χ3v) is 2.74. The number of amides is 1. The number of thiazole rings is 1. The van der Waals surface area contributed by atoms with Gasteiger partial charge in [-0.2, -0.15) is 13.2 Å². The highest BCUT2D eigenvalue weighted by Gasteiger charge is 2.38. The van der Waals surface area contributed by atoms with Crippen molar-refractivity contribution in [3.05, 3.63) is 27.9 Å². The second-order valence-electron chi connectivity index (χ2n) is 3.30. The molecule has 5 nitrogen and oxygen atoms in total. The summed E-state index contributed by atoms with van der Waals surface area (Å²) in [5, 5.41) is 5.66. The normalized spacial score (nSPS) is 11.6. The van der Waals surface area contributed by atoms with E-state index in [-0.39, 0.29) is 5.82 Å². The number of halogens is 3. The summed E-state index contributed by atoms with van der Waals surface area (Å²) in [5.41, 5.74) is -0.239. The van der Waals surface area contributed by atoms with Crippen LogP contribution in [0.5, 0.6) is 0 Å². The van der Waals surface area contributed by atoms with Crippen LogP contribution < -0.4 is 5.32 Å². The molecule has 2 heterocycles. The fraction of sp³-hybridized carbons (Fsp3) is 0.222. The first kappa shape index (κ1) is 12.6. The van der Waals surface area contributed by atoms with Gasteiger partial charge in [-0.1, -0.05) is 5.16 Å². The molecule has 18 heavy (non-hydrogen) atoms. The average Bonchev–Trinajstić information content (AvgIpc) is 2.85. The Bertz CT molecular complexity index is 576. The Morgan fingerprint density at radius 2 is 2.22 bits per heavy atom. The lowest BCUT2D eigenvalue weighted by Crippen LogP contribution is -2.17. The first-order valence-corrected chi connectivity index (χ1v) is 5.51. The Morgan fingerprint density at radius 3 is 2.78 bits per heavy atom. The zero-order valence-electron chi connectivity index (χ0n) is 8.91. The van der Waals surface area contributed by atoms with Crippen molar-refractivity contribution in [3.8, 4) is 0 Å². The number of nitrogens with zero attached hydrogens (tertiary/aromatic N) is 2. The monoisotopic (exact) mass is 277 g/mol. The molecule has 0 aliphatic rings. The summed E-state index contributed by atoms with van der Waals surface area (Å²) in [6.45, 7) is 1.59. The van der Waals surface area contributed by atoms with Crippen LogP contribution in [-0.2, 0) is 6.18 Å². The Kier molecular flexibility index (Phi) is 3.07. The van der Waals surface area contributed by atoms with Gasteiger partial charge in [-0.3, -0.25) is 4.79 Å². The van der Waals surface area contributed by atoms with E-state index in [9.17, 15) is 18.0 Å². The number of hydrogen-bond donors (Lipinski definition) is 1. The van der Waals surface area contributed by atoms with Crippen LogP contribution in [0.3, 0.4) is 0 Å². The molecule has 9 heteroatoms. The van der Waals surface area contributed by atoms with Gasteiger partial charge >= 0.3 is 6.18 Å². The summed E-state index contributed by atoms with van der Waals surface area (Å²) >= 11 is 0.609. The van der Waals surface area contributed by atoms with Gasteiger partial charge in [-0.05, 0) is 6.92 Å². The van der Waals surface area contributed by atoms with Gasteiger partial charge in [-0.25, -0.2) is 4.98 Å². The molecule has 0 bridgehead atoms. The van der Waals surface area contributed by atoms with Crippen LogP contribution in [0.15, 0.2) is 16.1 Å². The van der Waals surface area contributed by atoms with Crippen LogP contribution in [0.2, 0.25) is 0 Å². The second kappa shape index (κ2) is 4.41. The van der Waals surface area contributed by atoms with Gasteiger partial charge in [0.2, 0.25) is 0 Å². The zero-order valence-corrected chi connectivity index (χ0v) is 9.72. The van der Waals surface area contributed by atoms with Gasteiger partial charge in [-0.15, -0.1) is 11.3 Å². The quantitative estimate of drug-likeness (QED) is 0.916. The minimum atomic E-state index is -4.66. The summed E-state index contributed by atoms with van der Waals surface area (Å²) in [4.78, 5) is 14.3. The van der Waals surface area contributed by atoms with E-state index in [2.05, 4.69) is 20.0 Å². The SMILES string of the molecule is Cc1cc(NC(=O)c2scnc2C(F)(F)F)no1. The van der Waals surface area contributed by atoms with Gasteiger partial charge in [0.15, 0.2) is 11.5 Å². The number of alkyl halides is 3. The Morgan fingerprint density at radius 1 is 1.50 bits per heavy atom. The molecule has 2 aromatic rings. The first-order chi connectivity index (χ1) is 8.38. The van der Waals surface area contributed by atoms with Crippen LogP contribution in [0.4, 0.5) is 19.0 Å². The minimum Gasteiger partial charge on any atom is -0.360 e. The molecule has 0 aliphatic carbocycles. The van der Waals surface area contributed by atoms with Gasteiger partial charge in [0.05, 0.1) is 5.51 Å². The number of aryl methyl sites for hydroxylation is 1. The molecule has 0 radical (unpaired) electrons. The molecule has 0 spiro atoms. The minimum absolute atomic E-state index is 0.0547. The summed E-state index contributed by atoms with van der Waals surface area (Å²) in [6, 6.07) is 1.40. The predicted molar refractivity (Wildman–Crippen MR) is 56.3 cm³/mol. The van der Waals surface area contributed by atoms with Gasteiger partial charge in [0, 0.05) is 6.07 Å². The molecular formula is C9H6F3N3O2S. The highest BCUT2D eigenvalue weighted by Crippen LogP contribution is 2.32. The number of nitrogens with one attached hydrogen (secondary N) is 1.